The van der Waals surface area contributed by atoms with Crippen LogP contribution < -0.4 is 5.32 Å². The lowest BCUT2D eigenvalue weighted by Gasteiger charge is -2.32. The Morgan fingerprint density at radius 1 is 1.15 bits per heavy atom. The Morgan fingerprint density at radius 2 is 1.88 bits per heavy atom. The quantitative estimate of drug-likeness (QED) is 0.837. The van der Waals surface area contributed by atoms with Gasteiger partial charge in [-0.05, 0) is 24.7 Å². The molecular weight excluding hydrogens is 326 g/mol. The second kappa shape index (κ2) is 7.60. The van der Waals surface area contributed by atoms with Gasteiger partial charge in [0.2, 0.25) is 6.41 Å². The number of carbonyl (C=O) groups excluding carboxylic acids is 1. The molecule has 0 spiro atoms. The van der Waals surface area contributed by atoms with Crippen molar-refractivity contribution >= 4 is 12.2 Å². The number of piperazine rings is 1. The van der Waals surface area contributed by atoms with Crippen LogP contribution in [0.1, 0.15) is 32.0 Å². The normalized spacial score (nSPS) is 16.6. The van der Waals surface area contributed by atoms with Crippen LogP contribution in [0.4, 0.5) is 5.82 Å². The van der Waals surface area contributed by atoms with Crippen LogP contribution in [0.25, 0.3) is 5.69 Å². The number of hydrogen-bond acceptors (Lipinski definition) is 4. The van der Waals surface area contributed by atoms with Crippen LogP contribution in [0.3, 0.4) is 0 Å². The Labute approximate surface area is 155 Å². The smallest absolute Gasteiger partial charge is 0.212 e. The molecular formula is C20H29N5O. The topological polar surface area (TPSA) is 53.4 Å². The number of carbonyl (C=O) groups is 1. The van der Waals surface area contributed by atoms with Crippen molar-refractivity contribution in [2.24, 2.45) is 0 Å². The molecule has 2 heterocycles. The van der Waals surface area contributed by atoms with Gasteiger partial charge in [-0.15, -0.1) is 0 Å². The van der Waals surface area contributed by atoms with Crippen LogP contribution in [0.15, 0.2) is 30.3 Å². The van der Waals surface area contributed by atoms with Gasteiger partial charge < -0.3 is 10.2 Å². The number of hydrogen-bond donors (Lipinski definition) is 1. The fourth-order valence-corrected chi connectivity index (χ4v) is 3.16. The molecule has 2 aromatic rings. The third-order valence-corrected chi connectivity index (χ3v) is 4.84. The predicted octanol–water partition coefficient (Wildman–Crippen LogP) is 2.49. The predicted molar refractivity (Wildman–Crippen MR) is 105 cm³/mol. The summed E-state index contributed by atoms with van der Waals surface area (Å²) in [6, 6.07) is 10.4. The maximum absolute atomic E-state index is 11.0. The Bertz CT molecular complexity index is 754. The van der Waals surface area contributed by atoms with Crippen molar-refractivity contribution in [2.45, 2.75) is 32.7 Å². The lowest BCUT2D eigenvalue weighted by molar-refractivity contribution is -0.105. The Morgan fingerprint density at radius 3 is 2.54 bits per heavy atom. The third kappa shape index (κ3) is 4.31. The molecule has 1 aromatic heterocycles. The van der Waals surface area contributed by atoms with Gasteiger partial charge in [0.25, 0.3) is 0 Å². The lowest BCUT2D eigenvalue weighted by atomic mass is 9.92. The van der Waals surface area contributed by atoms with Crippen LogP contribution in [-0.4, -0.2) is 59.2 Å². The van der Waals surface area contributed by atoms with Crippen LogP contribution in [0.2, 0.25) is 0 Å². The first-order valence-corrected chi connectivity index (χ1v) is 9.18. The van der Waals surface area contributed by atoms with Crippen LogP contribution in [-0.2, 0) is 16.8 Å². The molecule has 140 valence electrons. The van der Waals surface area contributed by atoms with E-state index in [-0.39, 0.29) is 5.41 Å². The van der Waals surface area contributed by atoms with E-state index in [2.05, 4.69) is 61.1 Å². The highest BCUT2D eigenvalue weighted by Crippen LogP contribution is 2.26. The number of nitrogens with one attached hydrogen (secondary N) is 1. The van der Waals surface area contributed by atoms with Crippen molar-refractivity contribution in [1.82, 2.24) is 19.6 Å². The van der Waals surface area contributed by atoms with Gasteiger partial charge in [0.15, 0.2) is 0 Å². The number of likely N-dealkylation sites (N-methyl/N-ethyl adjacent to an activating group) is 1. The minimum Gasteiger partial charge on any atom is -0.313 e. The van der Waals surface area contributed by atoms with Gasteiger partial charge in [-0.1, -0.05) is 32.9 Å². The van der Waals surface area contributed by atoms with Crippen molar-refractivity contribution in [3.63, 3.8) is 0 Å². The highest BCUT2D eigenvalue weighted by molar-refractivity contribution is 5.70. The molecule has 26 heavy (non-hydrogen) atoms. The SMILES string of the molecule is CN1CCN(Cc2cccc(-n3nc(C(C)(C)C)cc3NC=O)c2)CC1. The number of benzene rings is 1. The van der Waals surface area contributed by atoms with Crippen molar-refractivity contribution < 1.29 is 4.79 Å². The first-order chi connectivity index (χ1) is 12.4. The average Bonchev–Trinajstić information content (AvgIpc) is 3.02. The molecule has 1 amide bonds. The zero-order valence-corrected chi connectivity index (χ0v) is 16.2. The van der Waals surface area contributed by atoms with Crippen molar-refractivity contribution in [1.29, 1.82) is 0 Å². The first kappa shape index (κ1) is 18.6. The van der Waals surface area contributed by atoms with E-state index in [9.17, 15) is 4.79 Å². The average molecular weight is 355 g/mol. The summed E-state index contributed by atoms with van der Waals surface area (Å²) >= 11 is 0. The number of nitrogens with zero attached hydrogens (tertiary/aromatic N) is 4. The minimum atomic E-state index is -0.0813. The molecule has 0 aliphatic carbocycles. The molecule has 0 atom stereocenters. The Hall–Kier alpha value is -2.18. The number of aromatic nitrogens is 2. The summed E-state index contributed by atoms with van der Waals surface area (Å²) in [7, 11) is 2.17. The van der Waals surface area contributed by atoms with E-state index >= 15 is 0 Å². The number of rotatable bonds is 5. The second-order valence-electron chi connectivity index (χ2n) is 8.09. The summed E-state index contributed by atoms with van der Waals surface area (Å²) < 4.78 is 1.82. The summed E-state index contributed by atoms with van der Waals surface area (Å²) in [6.07, 6.45) is 0.702. The molecule has 3 rings (SSSR count). The highest BCUT2D eigenvalue weighted by atomic mass is 16.1. The third-order valence-electron chi connectivity index (χ3n) is 4.84. The number of anilines is 1. The van der Waals surface area contributed by atoms with E-state index in [4.69, 9.17) is 5.10 Å². The van der Waals surface area contributed by atoms with Crippen LogP contribution in [0, 0.1) is 0 Å². The summed E-state index contributed by atoms with van der Waals surface area (Å²) in [6.45, 7) is 11.7. The first-order valence-electron chi connectivity index (χ1n) is 9.18. The summed E-state index contributed by atoms with van der Waals surface area (Å²) in [5.41, 5.74) is 3.10. The monoisotopic (exact) mass is 355 g/mol. The Balaban J connectivity index is 1.85. The van der Waals surface area contributed by atoms with Crippen molar-refractivity contribution in [2.75, 3.05) is 38.5 Å². The van der Waals surface area contributed by atoms with Gasteiger partial charge in [-0.25, -0.2) is 4.68 Å². The van der Waals surface area contributed by atoms with Crippen molar-refractivity contribution in [3.8, 4) is 5.69 Å². The maximum Gasteiger partial charge on any atom is 0.212 e. The largest absolute Gasteiger partial charge is 0.313 e. The number of amides is 1. The molecule has 0 radical (unpaired) electrons. The molecule has 1 aliphatic rings. The summed E-state index contributed by atoms with van der Waals surface area (Å²) in [5.74, 6) is 0.696. The molecule has 1 N–H and O–H groups in total. The van der Waals surface area contributed by atoms with Gasteiger partial charge in [0.05, 0.1) is 11.4 Å². The van der Waals surface area contributed by atoms with E-state index in [0.717, 1.165) is 44.1 Å². The standard InChI is InChI=1S/C20H29N5O/c1-20(2,3)18-13-19(21-15-26)25(22-18)17-7-5-6-16(12-17)14-24-10-8-23(4)9-11-24/h5-7,12-13,15H,8-11,14H2,1-4H3,(H,21,26). The van der Waals surface area contributed by atoms with Crippen LogP contribution in [0.5, 0.6) is 0 Å². The minimum absolute atomic E-state index is 0.0813. The van der Waals surface area contributed by atoms with Crippen LogP contribution >= 0.6 is 0 Å². The van der Waals surface area contributed by atoms with E-state index in [1.54, 1.807) is 0 Å². The zero-order valence-electron chi connectivity index (χ0n) is 16.2. The van der Waals surface area contributed by atoms with E-state index in [1.165, 1.54) is 5.56 Å². The molecule has 6 nitrogen and oxygen atoms in total. The van der Waals surface area contributed by atoms with E-state index < -0.39 is 0 Å². The molecule has 1 aliphatic heterocycles. The molecule has 0 unspecified atom stereocenters. The molecule has 6 heteroatoms. The van der Waals surface area contributed by atoms with Gasteiger partial charge >= 0.3 is 0 Å². The fraction of sp³-hybridized carbons (Fsp3) is 0.500. The second-order valence-corrected chi connectivity index (χ2v) is 8.09. The van der Waals surface area contributed by atoms with Gasteiger partial charge in [0.1, 0.15) is 5.82 Å². The maximum atomic E-state index is 11.0. The molecule has 1 saturated heterocycles. The van der Waals surface area contributed by atoms with E-state index in [0.29, 0.717) is 12.2 Å². The molecule has 0 bridgehead atoms. The van der Waals surface area contributed by atoms with E-state index in [1.807, 2.05) is 16.8 Å². The molecule has 1 aromatic carbocycles. The summed E-state index contributed by atoms with van der Waals surface area (Å²) in [4.78, 5) is 15.9. The van der Waals surface area contributed by atoms with Gasteiger partial charge in [-0.2, -0.15) is 5.10 Å². The summed E-state index contributed by atoms with van der Waals surface area (Å²) in [5, 5.41) is 7.52. The molecule has 0 saturated carbocycles. The highest BCUT2D eigenvalue weighted by Gasteiger charge is 2.21. The zero-order chi connectivity index (χ0) is 18.7. The van der Waals surface area contributed by atoms with Gasteiger partial charge in [-0.3, -0.25) is 9.69 Å². The fourth-order valence-electron chi connectivity index (χ4n) is 3.16. The Kier molecular flexibility index (Phi) is 5.44. The van der Waals surface area contributed by atoms with Crippen molar-refractivity contribution in [3.05, 3.63) is 41.6 Å². The van der Waals surface area contributed by atoms with Gasteiger partial charge in [0, 0.05) is 44.2 Å². The molecule has 1 fully saturated rings. The lowest BCUT2D eigenvalue weighted by Crippen LogP contribution is -2.43.